The van der Waals surface area contributed by atoms with E-state index in [-0.39, 0.29) is 6.04 Å². The number of hydrogen-bond acceptors (Lipinski definition) is 4. The second-order valence-corrected chi connectivity index (χ2v) is 8.28. The van der Waals surface area contributed by atoms with E-state index >= 15 is 0 Å². The highest BCUT2D eigenvalue weighted by atomic mass is 35.5. The van der Waals surface area contributed by atoms with Crippen molar-refractivity contribution in [2.75, 3.05) is 19.6 Å². The Morgan fingerprint density at radius 1 is 1.41 bits per heavy atom. The van der Waals surface area contributed by atoms with Crippen LogP contribution in [0.4, 0.5) is 0 Å². The Hall–Kier alpha value is -0.140. The first kappa shape index (κ1) is 11.9. The van der Waals surface area contributed by atoms with Gasteiger partial charge in [-0.2, -0.15) is 4.31 Å². The molecule has 7 heteroatoms. The molecule has 0 amide bonds. The third-order valence-corrected chi connectivity index (χ3v) is 7.13. The highest BCUT2D eigenvalue weighted by Gasteiger charge is 2.44. The zero-order valence-electron chi connectivity index (χ0n) is 9.10. The van der Waals surface area contributed by atoms with Crippen molar-refractivity contribution in [3.63, 3.8) is 0 Å². The smallest absolute Gasteiger partial charge is 0.252 e. The Balaban J connectivity index is 1.93. The van der Waals surface area contributed by atoms with Crippen LogP contribution in [0.3, 0.4) is 0 Å². The number of nitrogens with zero attached hydrogens (tertiary/aromatic N) is 1. The molecule has 2 saturated heterocycles. The molecule has 2 atom stereocenters. The lowest BCUT2D eigenvalue weighted by molar-refractivity contribution is 0.384. The van der Waals surface area contributed by atoms with Crippen LogP contribution in [0.1, 0.15) is 6.42 Å². The number of nitrogens with one attached hydrogen (secondary N) is 1. The topological polar surface area (TPSA) is 49.4 Å². The van der Waals surface area contributed by atoms with Crippen LogP contribution in [-0.4, -0.2) is 38.4 Å². The van der Waals surface area contributed by atoms with Crippen LogP contribution in [0, 0.1) is 5.92 Å². The van der Waals surface area contributed by atoms with Gasteiger partial charge in [0.2, 0.25) is 0 Å². The number of thiophene rings is 1. The molecule has 0 spiro atoms. The summed E-state index contributed by atoms with van der Waals surface area (Å²) in [6, 6.07) is 3.36. The Labute approximate surface area is 110 Å². The second kappa shape index (κ2) is 4.20. The number of halogens is 1. The average Bonchev–Trinajstić information content (AvgIpc) is 2.89. The summed E-state index contributed by atoms with van der Waals surface area (Å²) in [5, 5.41) is 3.25. The molecule has 1 aromatic heterocycles. The number of fused-ring (bicyclic) bond motifs is 1. The van der Waals surface area contributed by atoms with Crippen molar-refractivity contribution in [1.29, 1.82) is 0 Å². The molecule has 0 aliphatic carbocycles. The molecule has 0 bridgehead atoms. The Morgan fingerprint density at radius 2 is 2.24 bits per heavy atom. The largest absolute Gasteiger partial charge is 0.315 e. The molecule has 2 aliphatic rings. The van der Waals surface area contributed by atoms with E-state index in [1.54, 1.807) is 16.4 Å². The molecule has 3 rings (SSSR count). The van der Waals surface area contributed by atoms with E-state index < -0.39 is 10.0 Å². The predicted molar refractivity (Wildman–Crippen MR) is 68.0 cm³/mol. The zero-order chi connectivity index (χ0) is 12.0. The van der Waals surface area contributed by atoms with Crippen molar-refractivity contribution in [3.05, 3.63) is 16.5 Å². The van der Waals surface area contributed by atoms with E-state index in [1.165, 1.54) is 0 Å². The lowest BCUT2D eigenvalue weighted by Gasteiger charge is -2.21. The molecular formula is C10H13ClN2O2S2. The van der Waals surface area contributed by atoms with Gasteiger partial charge in [0, 0.05) is 19.1 Å². The molecule has 1 N–H and O–H groups in total. The molecule has 3 heterocycles. The summed E-state index contributed by atoms with van der Waals surface area (Å²) in [6.07, 6.45) is 0.954. The van der Waals surface area contributed by atoms with Gasteiger partial charge in [-0.3, -0.25) is 0 Å². The van der Waals surface area contributed by atoms with Crippen LogP contribution in [0.2, 0.25) is 4.34 Å². The third kappa shape index (κ3) is 1.92. The van der Waals surface area contributed by atoms with E-state index in [0.717, 1.165) is 30.8 Å². The fourth-order valence-corrected chi connectivity index (χ4v) is 5.97. The normalized spacial score (nSPS) is 29.7. The summed E-state index contributed by atoms with van der Waals surface area (Å²) < 4.78 is 27.4. The highest BCUT2D eigenvalue weighted by Crippen LogP contribution is 2.35. The first-order valence-electron chi connectivity index (χ1n) is 5.57. The maximum atomic E-state index is 12.4. The maximum absolute atomic E-state index is 12.4. The van der Waals surface area contributed by atoms with E-state index in [2.05, 4.69) is 5.32 Å². The Bertz CT molecular complexity index is 528. The van der Waals surface area contributed by atoms with E-state index in [9.17, 15) is 8.42 Å². The quantitative estimate of drug-likeness (QED) is 0.896. The molecule has 17 heavy (non-hydrogen) atoms. The molecule has 4 nitrogen and oxygen atoms in total. The molecule has 0 saturated carbocycles. The Kier molecular flexibility index (Phi) is 2.95. The molecule has 2 aliphatic heterocycles. The Morgan fingerprint density at radius 3 is 2.94 bits per heavy atom. The number of sulfonamides is 1. The summed E-state index contributed by atoms with van der Waals surface area (Å²) >= 11 is 6.94. The van der Waals surface area contributed by atoms with Crippen molar-refractivity contribution < 1.29 is 8.42 Å². The molecule has 94 valence electrons. The van der Waals surface area contributed by atoms with Gasteiger partial charge in [-0.15, -0.1) is 11.3 Å². The SMILES string of the molecule is O=S(=O)(c1ccc(Cl)s1)N1CC[C@@H]2CNC[C@@H]21. The van der Waals surface area contributed by atoms with Gasteiger partial charge in [-0.1, -0.05) is 11.6 Å². The minimum absolute atomic E-state index is 0.126. The fraction of sp³-hybridized carbons (Fsp3) is 0.600. The third-order valence-electron chi connectivity index (χ3n) is 3.51. The average molecular weight is 293 g/mol. The minimum Gasteiger partial charge on any atom is -0.315 e. The second-order valence-electron chi connectivity index (χ2n) is 4.45. The van der Waals surface area contributed by atoms with Gasteiger partial charge in [0.1, 0.15) is 4.21 Å². The summed E-state index contributed by atoms with van der Waals surface area (Å²) in [5.41, 5.74) is 0. The van der Waals surface area contributed by atoms with Gasteiger partial charge in [0.05, 0.1) is 4.34 Å². The van der Waals surface area contributed by atoms with Crippen LogP contribution in [0.5, 0.6) is 0 Å². The lowest BCUT2D eigenvalue weighted by atomic mass is 10.1. The lowest BCUT2D eigenvalue weighted by Crippen LogP contribution is -2.38. The molecule has 0 aromatic carbocycles. The molecule has 0 radical (unpaired) electrons. The van der Waals surface area contributed by atoms with Crippen molar-refractivity contribution in [2.24, 2.45) is 5.92 Å². The van der Waals surface area contributed by atoms with Crippen LogP contribution < -0.4 is 5.32 Å². The van der Waals surface area contributed by atoms with Gasteiger partial charge < -0.3 is 5.32 Å². The monoisotopic (exact) mass is 292 g/mol. The first-order valence-corrected chi connectivity index (χ1v) is 8.20. The summed E-state index contributed by atoms with van der Waals surface area (Å²) in [4.78, 5) is 0. The fourth-order valence-electron chi connectivity index (χ4n) is 2.66. The van der Waals surface area contributed by atoms with Gasteiger partial charge in [-0.05, 0) is 31.0 Å². The van der Waals surface area contributed by atoms with Crippen molar-refractivity contribution in [2.45, 2.75) is 16.7 Å². The maximum Gasteiger partial charge on any atom is 0.252 e. The van der Waals surface area contributed by atoms with Crippen molar-refractivity contribution >= 4 is 33.0 Å². The standard InChI is InChI=1S/C10H13ClN2O2S2/c11-9-1-2-10(16-9)17(14,15)13-4-3-7-5-12-6-8(7)13/h1-2,7-8,12H,3-6H2/t7-,8+/m1/s1. The van der Waals surface area contributed by atoms with Crippen LogP contribution >= 0.6 is 22.9 Å². The van der Waals surface area contributed by atoms with E-state index in [1.807, 2.05) is 0 Å². The predicted octanol–water partition coefficient (Wildman–Crippen LogP) is 1.38. The van der Waals surface area contributed by atoms with Crippen molar-refractivity contribution in [1.82, 2.24) is 9.62 Å². The van der Waals surface area contributed by atoms with Gasteiger partial charge in [0.15, 0.2) is 0 Å². The van der Waals surface area contributed by atoms with Crippen LogP contribution in [-0.2, 0) is 10.0 Å². The molecule has 1 aromatic rings. The van der Waals surface area contributed by atoms with E-state index in [4.69, 9.17) is 11.6 Å². The molecule has 0 unspecified atom stereocenters. The zero-order valence-corrected chi connectivity index (χ0v) is 11.5. The first-order chi connectivity index (χ1) is 8.09. The van der Waals surface area contributed by atoms with E-state index in [0.29, 0.717) is 21.0 Å². The van der Waals surface area contributed by atoms with Gasteiger partial charge >= 0.3 is 0 Å². The molecule has 2 fully saturated rings. The molecular weight excluding hydrogens is 280 g/mol. The minimum atomic E-state index is -3.34. The summed E-state index contributed by atoms with van der Waals surface area (Å²) in [7, 11) is -3.34. The number of rotatable bonds is 2. The number of hydrogen-bond donors (Lipinski definition) is 1. The summed E-state index contributed by atoms with van der Waals surface area (Å²) in [6.45, 7) is 2.33. The highest BCUT2D eigenvalue weighted by molar-refractivity contribution is 7.91. The van der Waals surface area contributed by atoms with Gasteiger partial charge in [0.25, 0.3) is 10.0 Å². The van der Waals surface area contributed by atoms with Crippen molar-refractivity contribution in [3.8, 4) is 0 Å². The summed E-state index contributed by atoms with van der Waals surface area (Å²) in [5.74, 6) is 0.472. The van der Waals surface area contributed by atoms with Gasteiger partial charge in [-0.25, -0.2) is 8.42 Å². The van der Waals surface area contributed by atoms with Crippen LogP contribution in [0.15, 0.2) is 16.3 Å². The van der Waals surface area contributed by atoms with Crippen LogP contribution in [0.25, 0.3) is 0 Å².